The molecule has 0 aliphatic carbocycles. The molecule has 0 aromatic heterocycles. The van der Waals surface area contributed by atoms with Crippen molar-refractivity contribution in [2.45, 2.75) is 19.4 Å². The van der Waals surface area contributed by atoms with Gasteiger partial charge in [-0.3, -0.25) is 0 Å². The molecular formula is C10H14O5. The maximum absolute atomic E-state index is 11.1. The Morgan fingerprint density at radius 3 is 2.27 bits per heavy atom. The van der Waals surface area contributed by atoms with Crippen molar-refractivity contribution in [3.05, 3.63) is 24.3 Å². The lowest BCUT2D eigenvalue weighted by Gasteiger charge is -2.08. The third kappa shape index (κ3) is 5.09. The first kappa shape index (κ1) is 13.5. The molecule has 1 unspecified atom stereocenters. The molecule has 2 N–H and O–H groups in total. The van der Waals surface area contributed by atoms with Gasteiger partial charge in [-0.05, 0) is 6.92 Å². The lowest BCUT2D eigenvalue weighted by Crippen LogP contribution is -2.19. The van der Waals surface area contributed by atoms with E-state index in [1.54, 1.807) is 0 Å². The van der Waals surface area contributed by atoms with Crippen LogP contribution in [-0.4, -0.2) is 34.9 Å². The lowest BCUT2D eigenvalue weighted by atomic mass is 10.1. The second-order valence-electron chi connectivity index (χ2n) is 3.10. The first-order valence-electron chi connectivity index (χ1n) is 4.27. The largest absolute Gasteiger partial charge is 0.394 e. The van der Waals surface area contributed by atoms with Crippen LogP contribution in [0.5, 0.6) is 0 Å². The van der Waals surface area contributed by atoms with E-state index in [9.17, 15) is 9.59 Å². The summed E-state index contributed by atoms with van der Waals surface area (Å²) in [5.74, 6) is -1.75. The Morgan fingerprint density at radius 2 is 1.87 bits per heavy atom. The van der Waals surface area contributed by atoms with E-state index in [-0.39, 0.29) is 17.6 Å². The predicted molar refractivity (Wildman–Crippen MR) is 52.8 cm³/mol. The van der Waals surface area contributed by atoms with Crippen LogP contribution in [0.15, 0.2) is 24.3 Å². The molecule has 0 amide bonds. The number of rotatable bonds is 5. The van der Waals surface area contributed by atoms with Gasteiger partial charge in [-0.2, -0.15) is 0 Å². The van der Waals surface area contributed by atoms with Crippen LogP contribution in [0.3, 0.4) is 0 Å². The molecule has 0 bridgehead atoms. The van der Waals surface area contributed by atoms with Crippen LogP contribution in [0.1, 0.15) is 13.3 Å². The molecule has 1 atom stereocenters. The Morgan fingerprint density at radius 1 is 1.33 bits per heavy atom. The average molecular weight is 214 g/mol. The van der Waals surface area contributed by atoms with Gasteiger partial charge < -0.3 is 14.9 Å². The number of carbonyl (C=O) groups excluding carboxylic acids is 2. The molecule has 0 aliphatic heterocycles. The Hall–Kier alpha value is -1.46. The Bertz CT molecular complexity index is 292. The van der Waals surface area contributed by atoms with Crippen molar-refractivity contribution in [2.75, 3.05) is 6.61 Å². The molecule has 15 heavy (non-hydrogen) atoms. The van der Waals surface area contributed by atoms with Gasteiger partial charge in [-0.1, -0.05) is 13.2 Å². The van der Waals surface area contributed by atoms with Gasteiger partial charge in [-0.15, -0.1) is 0 Å². The van der Waals surface area contributed by atoms with Crippen molar-refractivity contribution in [1.29, 1.82) is 0 Å². The van der Waals surface area contributed by atoms with Crippen LogP contribution in [-0.2, 0) is 14.3 Å². The lowest BCUT2D eigenvalue weighted by molar-refractivity contribution is -0.154. The molecule has 0 aliphatic rings. The molecular weight excluding hydrogens is 200 g/mol. The SMILES string of the molecule is C=C(C)C(=O)OC(=O)C(=C)CC(O)CO. The first-order valence-corrected chi connectivity index (χ1v) is 4.27. The third-order valence-corrected chi connectivity index (χ3v) is 1.52. The minimum atomic E-state index is -1.08. The normalized spacial score (nSPS) is 11.7. The van der Waals surface area contributed by atoms with Crippen LogP contribution < -0.4 is 0 Å². The minimum absolute atomic E-state index is 0.0776. The fourth-order valence-electron chi connectivity index (χ4n) is 0.676. The Labute approximate surface area is 87.7 Å². The fourth-order valence-corrected chi connectivity index (χ4v) is 0.676. The highest BCUT2D eigenvalue weighted by Gasteiger charge is 2.16. The fraction of sp³-hybridized carbons (Fsp3) is 0.400. The molecule has 0 radical (unpaired) electrons. The summed E-state index contributed by atoms with van der Waals surface area (Å²) < 4.78 is 4.35. The number of carbonyl (C=O) groups is 2. The van der Waals surface area contributed by atoms with Crippen LogP contribution in [0.25, 0.3) is 0 Å². The Kier molecular flexibility index (Phi) is 5.51. The molecule has 0 saturated heterocycles. The van der Waals surface area contributed by atoms with Gasteiger partial charge in [0.25, 0.3) is 0 Å². The zero-order valence-electron chi connectivity index (χ0n) is 8.52. The summed E-state index contributed by atoms with van der Waals surface area (Å²) in [6.45, 7) is 7.54. The van der Waals surface area contributed by atoms with E-state index in [1.807, 2.05) is 0 Å². The monoisotopic (exact) mass is 214 g/mol. The smallest absolute Gasteiger partial charge is 0.341 e. The zero-order chi connectivity index (χ0) is 12.0. The number of ether oxygens (including phenoxy) is 1. The van der Waals surface area contributed by atoms with Crippen LogP contribution >= 0.6 is 0 Å². The van der Waals surface area contributed by atoms with Gasteiger partial charge >= 0.3 is 11.9 Å². The summed E-state index contributed by atoms with van der Waals surface area (Å²) in [7, 11) is 0. The van der Waals surface area contributed by atoms with Gasteiger partial charge in [0.2, 0.25) is 0 Å². The van der Waals surface area contributed by atoms with Crippen LogP contribution in [0.4, 0.5) is 0 Å². The van der Waals surface area contributed by atoms with Crippen molar-refractivity contribution in [1.82, 2.24) is 0 Å². The highest BCUT2D eigenvalue weighted by Crippen LogP contribution is 2.06. The van der Waals surface area contributed by atoms with Crippen molar-refractivity contribution in [3.63, 3.8) is 0 Å². The van der Waals surface area contributed by atoms with E-state index in [0.29, 0.717) is 0 Å². The predicted octanol–water partition coefficient (Wildman–Crippen LogP) is -0.0682. The second-order valence-corrected chi connectivity index (χ2v) is 3.10. The minimum Gasteiger partial charge on any atom is -0.394 e. The van der Waals surface area contributed by atoms with Gasteiger partial charge in [0, 0.05) is 17.6 Å². The van der Waals surface area contributed by atoms with Crippen molar-refractivity contribution in [2.24, 2.45) is 0 Å². The maximum Gasteiger partial charge on any atom is 0.341 e. The van der Waals surface area contributed by atoms with E-state index in [0.717, 1.165) is 0 Å². The van der Waals surface area contributed by atoms with E-state index < -0.39 is 24.6 Å². The summed E-state index contributed by atoms with van der Waals surface area (Å²) in [5.41, 5.74) is 0.0185. The molecule has 0 heterocycles. The Balaban J connectivity index is 4.17. The van der Waals surface area contributed by atoms with E-state index in [2.05, 4.69) is 17.9 Å². The number of hydrogen-bond acceptors (Lipinski definition) is 5. The van der Waals surface area contributed by atoms with E-state index >= 15 is 0 Å². The standard InChI is InChI=1S/C10H14O5/c1-6(2)9(13)15-10(14)7(3)4-8(12)5-11/h8,11-12H,1,3-5H2,2H3. The van der Waals surface area contributed by atoms with Gasteiger partial charge in [-0.25, -0.2) is 9.59 Å². The van der Waals surface area contributed by atoms with E-state index in [1.165, 1.54) is 6.92 Å². The molecule has 84 valence electrons. The number of hydrogen-bond donors (Lipinski definition) is 2. The second kappa shape index (κ2) is 6.10. The summed E-state index contributed by atoms with van der Waals surface area (Å²) >= 11 is 0. The molecule has 5 nitrogen and oxygen atoms in total. The number of esters is 2. The van der Waals surface area contributed by atoms with Gasteiger partial charge in [0.15, 0.2) is 0 Å². The molecule has 0 rings (SSSR count). The van der Waals surface area contributed by atoms with E-state index in [4.69, 9.17) is 10.2 Å². The first-order chi connectivity index (χ1) is 6.88. The van der Waals surface area contributed by atoms with Crippen LogP contribution in [0, 0.1) is 0 Å². The molecule has 0 aromatic rings. The molecule has 0 spiro atoms. The third-order valence-electron chi connectivity index (χ3n) is 1.52. The number of aliphatic hydroxyl groups excluding tert-OH is 2. The zero-order valence-corrected chi connectivity index (χ0v) is 8.52. The molecule has 0 fully saturated rings. The maximum atomic E-state index is 11.1. The van der Waals surface area contributed by atoms with Crippen molar-refractivity contribution < 1.29 is 24.5 Å². The topological polar surface area (TPSA) is 83.8 Å². The molecule has 0 saturated carbocycles. The summed E-state index contributed by atoms with van der Waals surface area (Å²) in [5, 5.41) is 17.5. The molecule has 0 aromatic carbocycles. The highest BCUT2D eigenvalue weighted by molar-refractivity contribution is 6.01. The van der Waals surface area contributed by atoms with Gasteiger partial charge in [0.05, 0.1) is 12.7 Å². The molecule has 5 heteroatoms. The van der Waals surface area contributed by atoms with Crippen molar-refractivity contribution in [3.8, 4) is 0 Å². The van der Waals surface area contributed by atoms with Gasteiger partial charge in [0.1, 0.15) is 0 Å². The average Bonchev–Trinajstić information content (AvgIpc) is 2.16. The number of aliphatic hydroxyl groups is 2. The summed E-state index contributed by atoms with van der Waals surface area (Å²) in [6.07, 6.45) is -1.22. The van der Waals surface area contributed by atoms with Crippen molar-refractivity contribution >= 4 is 11.9 Å². The quantitative estimate of drug-likeness (QED) is 0.380. The highest BCUT2D eigenvalue weighted by atomic mass is 16.6. The summed E-state index contributed by atoms with van der Waals surface area (Å²) in [4.78, 5) is 22.1. The van der Waals surface area contributed by atoms with Crippen LogP contribution in [0.2, 0.25) is 0 Å². The summed E-state index contributed by atoms with van der Waals surface area (Å²) in [6, 6.07) is 0.